The number of likely N-dealkylation sites (tertiary alicyclic amines) is 1. The SMILES string of the molecule is C[C@@H](NC(=O)Cn1nnnc1C1CC1)[C@H]1C(=O)N2C(C(=O)O)=C(S[C@@H]3CN[C@H](C(=O)N4CC[C@@H](N)C4)C3)[C@H](C)[C@H]12. The maximum atomic E-state index is 13.3. The highest BCUT2D eigenvalue weighted by Gasteiger charge is 2.60. The van der Waals surface area contributed by atoms with Crippen molar-refractivity contribution in [2.45, 2.75) is 81.4 Å². The van der Waals surface area contributed by atoms with Crippen LogP contribution >= 0.6 is 11.8 Å². The Morgan fingerprint density at radius 3 is 2.73 bits per heavy atom. The summed E-state index contributed by atoms with van der Waals surface area (Å²) < 4.78 is 1.50. The Labute approximate surface area is 235 Å². The van der Waals surface area contributed by atoms with Crippen LogP contribution in [-0.2, 0) is 25.7 Å². The summed E-state index contributed by atoms with van der Waals surface area (Å²) in [5.41, 5.74) is 5.98. The molecule has 0 radical (unpaired) electrons. The standard InChI is InChI=1S/C25H35N9O5S/c1-11-19-18(12(2)28-17(35)10-33-22(13-3-4-13)29-30-31-33)24(37)34(19)20(25(38)39)21(11)40-15-7-16(27-8-15)23(36)32-6-5-14(26)9-32/h11-16,18-19,27H,3-10,26H2,1-2H3,(H,28,35)(H,38,39)/t11-,12-,14-,15+,16+,18-,19-/m1/s1. The topological polar surface area (TPSA) is 189 Å². The van der Waals surface area contributed by atoms with E-state index in [1.165, 1.54) is 21.3 Å². The van der Waals surface area contributed by atoms with Crippen LogP contribution in [-0.4, -0.2) is 108 Å². The van der Waals surface area contributed by atoms with Crippen molar-refractivity contribution in [2.75, 3.05) is 19.6 Å². The monoisotopic (exact) mass is 573 g/mol. The molecule has 0 unspecified atom stereocenters. The molecule has 216 valence electrons. The summed E-state index contributed by atoms with van der Waals surface area (Å²) in [5, 5.41) is 27.9. The van der Waals surface area contributed by atoms with Crippen LogP contribution in [0.25, 0.3) is 0 Å². The van der Waals surface area contributed by atoms with Crippen LogP contribution in [0.3, 0.4) is 0 Å². The van der Waals surface area contributed by atoms with E-state index in [1.807, 2.05) is 6.92 Å². The molecular formula is C25H35N9O5S. The molecule has 3 saturated heterocycles. The van der Waals surface area contributed by atoms with E-state index in [1.54, 1.807) is 11.8 Å². The second kappa shape index (κ2) is 10.4. The van der Waals surface area contributed by atoms with Gasteiger partial charge in [0, 0.05) is 53.7 Å². The van der Waals surface area contributed by atoms with Crippen molar-refractivity contribution in [1.82, 2.24) is 40.6 Å². The number of carboxylic acid groups (broad SMARTS) is 1. The Kier molecular flexibility index (Phi) is 7.07. The number of rotatable bonds is 9. The average Bonchev–Trinajstić information content (AvgIpc) is 3.22. The minimum Gasteiger partial charge on any atom is -0.477 e. The predicted octanol–water partition coefficient (Wildman–Crippen LogP) is -1.15. The zero-order valence-corrected chi connectivity index (χ0v) is 23.3. The summed E-state index contributed by atoms with van der Waals surface area (Å²) in [4.78, 5) is 55.1. The molecule has 1 aliphatic carbocycles. The summed E-state index contributed by atoms with van der Waals surface area (Å²) >= 11 is 1.45. The van der Waals surface area contributed by atoms with Gasteiger partial charge < -0.3 is 31.3 Å². The number of β-lactam (4-membered cyclic amide) rings is 1. The second-order valence-corrected chi connectivity index (χ2v) is 13.0. The molecule has 15 heteroatoms. The average molecular weight is 574 g/mol. The Hall–Kier alpha value is -3.04. The van der Waals surface area contributed by atoms with Crippen LogP contribution in [0.15, 0.2) is 10.6 Å². The van der Waals surface area contributed by atoms with Gasteiger partial charge in [-0.25, -0.2) is 9.48 Å². The number of carbonyl (C=O) groups excluding carboxylic acids is 3. The molecule has 6 rings (SSSR count). The van der Waals surface area contributed by atoms with E-state index >= 15 is 0 Å². The quantitative estimate of drug-likeness (QED) is 0.261. The van der Waals surface area contributed by atoms with E-state index in [9.17, 15) is 24.3 Å². The Morgan fingerprint density at radius 1 is 1.27 bits per heavy atom. The fourth-order valence-corrected chi connectivity index (χ4v) is 8.03. The van der Waals surface area contributed by atoms with Crippen molar-refractivity contribution < 1.29 is 24.3 Å². The molecule has 0 bridgehead atoms. The number of aliphatic carboxylic acids is 1. The van der Waals surface area contributed by atoms with Crippen LogP contribution in [0.4, 0.5) is 0 Å². The molecule has 5 N–H and O–H groups in total. The van der Waals surface area contributed by atoms with Crippen molar-refractivity contribution in [3.8, 4) is 0 Å². The summed E-state index contributed by atoms with van der Waals surface area (Å²) in [6.07, 6.45) is 3.38. The number of amides is 3. The fraction of sp³-hybridized carbons (Fsp3) is 0.720. The van der Waals surface area contributed by atoms with E-state index in [0.717, 1.165) is 19.3 Å². The zero-order valence-electron chi connectivity index (χ0n) is 22.5. The third-order valence-corrected chi connectivity index (χ3v) is 10.2. The Bertz CT molecular complexity index is 1260. The Morgan fingerprint density at radius 2 is 2.05 bits per heavy atom. The van der Waals surface area contributed by atoms with Crippen LogP contribution in [0.2, 0.25) is 0 Å². The van der Waals surface area contributed by atoms with Crippen molar-refractivity contribution in [1.29, 1.82) is 0 Å². The molecule has 1 aromatic rings. The van der Waals surface area contributed by atoms with Crippen LogP contribution in [0, 0.1) is 11.8 Å². The van der Waals surface area contributed by atoms with E-state index < -0.39 is 17.9 Å². The van der Waals surface area contributed by atoms with E-state index in [0.29, 0.717) is 42.7 Å². The number of nitrogens with one attached hydrogen (secondary N) is 2. The minimum absolute atomic E-state index is 0.00152. The van der Waals surface area contributed by atoms with Crippen molar-refractivity contribution in [3.05, 3.63) is 16.4 Å². The largest absolute Gasteiger partial charge is 0.477 e. The molecule has 4 fully saturated rings. The third kappa shape index (κ3) is 4.77. The molecule has 4 aliphatic heterocycles. The van der Waals surface area contributed by atoms with Crippen LogP contribution < -0.4 is 16.4 Å². The number of hydrogen-bond donors (Lipinski definition) is 4. The van der Waals surface area contributed by atoms with E-state index in [-0.39, 0.29) is 59.3 Å². The number of tetrazole rings is 1. The van der Waals surface area contributed by atoms with Gasteiger partial charge in [-0.15, -0.1) is 16.9 Å². The lowest BCUT2D eigenvalue weighted by atomic mass is 9.78. The lowest BCUT2D eigenvalue weighted by Gasteiger charge is -2.47. The predicted molar refractivity (Wildman–Crippen MR) is 142 cm³/mol. The fourth-order valence-electron chi connectivity index (χ4n) is 6.55. The first-order chi connectivity index (χ1) is 19.1. The molecule has 40 heavy (non-hydrogen) atoms. The number of carboxylic acids is 1. The first-order valence-corrected chi connectivity index (χ1v) is 14.8. The van der Waals surface area contributed by atoms with Gasteiger partial charge in [0.25, 0.3) is 0 Å². The number of thioether (sulfide) groups is 1. The molecule has 1 aromatic heterocycles. The summed E-state index contributed by atoms with van der Waals surface area (Å²) in [6, 6.07) is -1.16. The molecule has 0 aromatic carbocycles. The second-order valence-electron chi connectivity index (χ2n) is 11.6. The number of fused-ring (bicyclic) bond motifs is 1. The van der Waals surface area contributed by atoms with Gasteiger partial charge >= 0.3 is 5.97 Å². The molecule has 1 saturated carbocycles. The molecule has 5 aliphatic rings. The lowest BCUT2D eigenvalue weighted by Crippen LogP contribution is -2.66. The zero-order chi connectivity index (χ0) is 28.3. The highest BCUT2D eigenvalue weighted by Crippen LogP contribution is 2.52. The maximum absolute atomic E-state index is 13.3. The van der Waals surface area contributed by atoms with Crippen molar-refractivity contribution in [3.63, 3.8) is 0 Å². The van der Waals surface area contributed by atoms with Crippen molar-refractivity contribution in [2.24, 2.45) is 17.6 Å². The van der Waals surface area contributed by atoms with E-state index in [2.05, 4.69) is 26.2 Å². The van der Waals surface area contributed by atoms with Gasteiger partial charge in [0.2, 0.25) is 17.7 Å². The van der Waals surface area contributed by atoms with Gasteiger partial charge in [-0.05, 0) is 43.0 Å². The Balaban J connectivity index is 1.09. The normalized spacial score (nSPS) is 32.3. The van der Waals surface area contributed by atoms with Gasteiger partial charge in [-0.1, -0.05) is 6.92 Å². The number of aromatic nitrogens is 4. The summed E-state index contributed by atoms with van der Waals surface area (Å²) in [6.45, 7) is 5.46. The number of carbonyl (C=O) groups is 4. The highest BCUT2D eigenvalue weighted by molar-refractivity contribution is 8.03. The maximum Gasteiger partial charge on any atom is 0.353 e. The molecule has 3 amide bonds. The first kappa shape index (κ1) is 27.1. The van der Waals surface area contributed by atoms with Gasteiger partial charge in [0.05, 0.1) is 18.0 Å². The minimum atomic E-state index is -1.14. The third-order valence-electron chi connectivity index (χ3n) is 8.73. The molecule has 5 heterocycles. The van der Waals surface area contributed by atoms with E-state index in [4.69, 9.17) is 5.73 Å². The first-order valence-electron chi connectivity index (χ1n) is 13.9. The number of nitrogens with two attached hydrogens (primary N) is 1. The molecule has 0 spiro atoms. The number of hydrogen-bond acceptors (Lipinski definition) is 10. The van der Waals surface area contributed by atoms with Gasteiger partial charge in [0.15, 0.2) is 5.82 Å². The summed E-state index contributed by atoms with van der Waals surface area (Å²) in [5.74, 6) is -1.48. The molecule has 7 atom stereocenters. The van der Waals surface area contributed by atoms with Gasteiger partial charge in [-0.2, -0.15) is 0 Å². The van der Waals surface area contributed by atoms with Gasteiger partial charge in [0.1, 0.15) is 12.2 Å². The summed E-state index contributed by atoms with van der Waals surface area (Å²) in [7, 11) is 0. The lowest BCUT2D eigenvalue weighted by molar-refractivity contribution is -0.158. The van der Waals surface area contributed by atoms with Crippen LogP contribution in [0.5, 0.6) is 0 Å². The van der Waals surface area contributed by atoms with Crippen LogP contribution in [0.1, 0.15) is 51.3 Å². The highest BCUT2D eigenvalue weighted by atomic mass is 32.2. The molecule has 14 nitrogen and oxygen atoms in total. The molecular weight excluding hydrogens is 538 g/mol. The number of nitrogens with zero attached hydrogens (tertiary/aromatic N) is 6. The smallest absolute Gasteiger partial charge is 0.353 e. The van der Waals surface area contributed by atoms with Crippen molar-refractivity contribution >= 4 is 35.5 Å². The van der Waals surface area contributed by atoms with Gasteiger partial charge in [-0.3, -0.25) is 14.4 Å².